The van der Waals surface area contributed by atoms with Crippen LogP contribution in [0.25, 0.3) is 0 Å². The third kappa shape index (κ3) is 3.04. The number of hydrogen-bond donors (Lipinski definition) is 1. The van der Waals surface area contributed by atoms with Gasteiger partial charge in [0.25, 0.3) is 0 Å². The van der Waals surface area contributed by atoms with Gasteiger partial charge in [0.1, 0.15) is 12.4 Å². The quantitative estimate of drug-likeness (QED) is 0.875. The van der Waals surface area contributed by atoms with Crippen LogP contribution in [0.4, 0.5) is 4.39 Å². The van der Waals surface area contributed by atoms with Crippen LogP contribution in [0.2, 0.25) is 0 Å². The molecule has 1 heterocycles. The van der Waals surface area contributed by atoms with Gasteiger partial charge in [0, 0.05) is 13.6 Å². The van der Waals surface area contributed by atoms with Gasteiger partial charge >= 0.3 is 0 Å². The molecule has 1 aromatic carbocycles. The summed E-state index contributed by atoms with van der Waals surface area (Å²) in [7, 11) is 1.81. The molecule has 2 N–H and O–H groups in total. The number of nitrogens with two attached hydrogens (primary N) is 1. The van der Waals surface area contributed by atoms with Gasteiger partial charge in [0.2, 0.25) is 0 Å². The Balaban J connectivity index is 2.05. The van der Waals surface area contributed by atoms with Crippen LogP contribution in [-0.2, 0) is 20.2 Å². The molecule has 4 nitrogen and oxygen atoms in total. The molecule has 90 valence electrons. The molecule has 0 aliphatic heterocycles. The number of aromatic nitrogens is 2. The van der Waals surface area contributed by atoms with E-state index in [9.17, 15) is 4.39 Å². The lowest BCUT2D eigenvalue weighted by atomic mass is 10.1. The van der Waals surface area contributed by atoms with E-state index in [4.69, 9.17) is 10.5 Å². The van der Waals surface area contributed by atoms with Crippen molar-refractivity contribution in [3.63, 3.8) is 0 Å². The van der Waals surface area contributed by atoms with Gasteiger partial charge in [0.05, 0.1) is 12.4 Å². The van der Waals surface area contributed by atoms with E-state index < -0.39 is 0 Å². The number of aryl methyl sites for hydroxylation is 1. The summed E-state index contributed by atoms with van der Waals surface area (Å²) in [5.74, 6) is 0.365. The van der Waals surface area contributed by atoms with Crippen LogP contribution in [-0.4, -0.2) is 9.78 Å². The second-order valence-electron chi connectivity index (χ2n) is 3.81. The predicted octanol–water partition coefficient (Wildman–Crippen LogP) is 1.60. The van der Waals surface area contributed by atoms with Gasteiger partial charge in [-0.25, -0.2) is 4.39 Å². The molecule has 0 bridgehead atoms. The highest BCUT2D eigenvalue weighted by molar-refractivity contribution is 5.24. The molecule has 0 radical (unpaired) electrons. The molecule has 2 rings (SSSR count). The summed E-state index contributed by atoms with van der Waals surface area (Å²) in [6, 6.07) is 4.70. The Morgan fingerprint density at radius 3 is 2.76 bits per heavy atom. The van der Waals surface area contributed by atoms with Crippen LogP contribution in [0.15, 0.2) is 30.6 Å². The number of rotatable bonds is 4. The minimum absolute atomic E-state index is 0.294. The van der Waals surface area contributed by atoms with E-state index in [2.05, 4.69) is 5.10 Å². The van der Waals surface area contributed by atoms with Crippen molar-refractivity contribution < 1.29 is 9.13 Å². The molecular formula is C12H14FN3O. The fourth-order valence-electron chi connectivity index (χ4n) is 1.56. The van der Waals surface area contributed by atoms with Gasteiger partial charge in [-0.15, -0.1) is 0 Å². The van der Waals surface area contributed by atoms with E-state index >= 15 is 0 Å². The van der Waals surface area contributed by atoms with Crippen LogP contribution >= 0.6 is 0 Å². The molecular weight excluding hydrogens is 221 g/mol. The fourth-order valence-corrected chi connectivity index (χ4v) is 1.56. The highest BCUT2D eigenvalue weighted by Crippen LogP contribution is 2.13. The van der Waals surface area contributed by atoms with Crippen LogP contribution in [0.3, 0.4) is 0 Å². The molecule has 5 heteroatoms. The lowest BCUT2D eigenvalue weighted by Crippen LogP contribution is -2.01. The number of ether oxygens (including phenoxy) is 1. The van der Waals surface area contributed by atoms with Gasteiger partial charge in [-0.1, -0.05) is 6.07 Å². The number of benzene rings is 1. The Labute approximate surface area is 98.8 Å². The second kappa shape index (κ2) is 4.97. The van der Waals surface area contributed by atoms with Crippen molar-refractivity contribution in [2.75, 3.05) is 0 Å². The third-order valence-corrected chi connectivity index (χ3v) is 2.34. The first kappa shape index (κ1) is 11.6. The minimum Gasteiger partial charge on any atom is -0.486 e. The maximum atomic E-state index is 13.2. The largest absolute Gasteiger partial charge is 0.486 e. The second-order valence-corrected chi connectivity index (χ2v) is 3.81. The van der Waals surface area contributed by atoms with Gasteiger partial charge in [-0.2, -0.15) is 5.10 Å². The number of nitrogens with zero attached hydrogens (tertiary/aromatic N) is 2. The van der Waals surface area contributed by atoms with E-state index in [1.807, 2.05) is 13.1 Å². The van der Waals surface area contributed by atoms with Crippen LogP contribution in [0.1, 0.15) is 11.1 Å². The molecule has 0 aliphatic carbocycles. The Morgan fingerprint density at radius 1 is 1.35 bits per heavy atom. The summed E-state index contributed by atoms with van der Waals surface area (Å²) in [5, 5.41) is 3.98. The average Bonchev–Trinajstić information content (AvgIpc) is 2.72. The maximum absolute atomic E-state index is 13.2. The zero-order chi connectivity index (χ0) is 12.3. The minimum atomic E-state index is -0.294. The standard InChI is InChI=1S/C12H14FN3O/c1-16-7-12(6-15-16)17-8-10-2-9(5-14)3-11(13)4-10/h2-4,6-7H,5,8,14H2,1H3. The lowest BCUT2D eigenvalue weighted by molar-refractivity contribution is 0.305. The highest BCUT2D eigenvalue weighted by atomic mass is 19.1. The van der Waals surface area contributed by atoms with Crippen LogP contribution in [0.5, 0.6) is 5.75 Å². The van der Waals surface area contributed by atoms with Gasteiger partial charge in [0.15, 0.2) is 5.75 Å². The normalized spacial score (nSPS) is 10.5. The highest BCUT2D eigenvalue weighted by Gasteiger charge is 2.02. The summed E-state index contributed by atoms with van der Waals surface area (Å²) in [5.41, 5.74) is 7.00. The topological polar surface area (TPSA) is 53.1 Å². The molecule has 0 saturated carbocycles. The summed E-state index contributed by atoms with van der Waals surface area (Å²) in [6.07, 6.45) is 3.37. The maximum Gasteiger partial charge on any atom is 0.157 e. The molecule has 0 amide bonds. The molecule has 0 saturated heterocycles. The molecule has 0 aliphatic rings. The average molecular weight is 235 g/mol. The SMILES string of the molecule is Cn1cc(OCc2cc(F)cc(CN)c2)cn1. The van der Waals surface area contributed by atoms with Crippen LogP contribution < -0.4 is 10.5 Å². The van der Waals surface area contributed by atoms with E-state index in [1.54, 1.807) is 17.1 Å². The summed E-state index contributed by atoms with van der Waals surface area (Å²) < 4.78 is 20.3. The van der Waals surface area contributed by atoms with Gasteiger partial charge < -0.3 is 10.5 Å². The third-order valence-electron chi connectivity index (χ3n) is 2.34. The van der Waals surface area contributed by atoms with Crippen molar-refractivity contribution in [3.05, 3.63) is 47.5 Å². The van der Waals surface area contributed by atoms with Crippen molar-refractivity contribution >= 4 is 0 Å². The Kier molecular flexibility index (Phi) is 3.39. The molecule has 0 atom stereocenters. The zero-order valence-electron chi connectivity index (χ0n) is 9.56. The number of halogens is 1. The van der Waals surface area contributed by atoms with Gasteiger partial charge in [-0.05, 0) is 23.3 Å². The van der Waals surface area contributed by atoms with E-state index in [0.717, 1.165) is 11.1 Å². The molecule has 1 aromatic heterocycles. The lowest BCUT2D eigenvalue weighted by Gasteiger charge is -2.05. The molecule has 17 heavy (non-hydrogen) atoms. The first-order valence-corrected chi connectivity index (χ1v) is 5.27. The van der Waals surface area contributed by atoms with Crippen molar-refractivity contribution in [1.29, 1.82) is 0 Å². The number of hydrogen-bond acceptors (Lipinski definition) is 3. The van der Waals surface area contributed by atoms with Crippen molar-refractivity contribution in [2.24, 2.45) is 12.8 Å². The Morgan fingerprint density at radius 2 is 2.12 bits per heavy atom. The fraction of sp³-hybridized carbons (Fsp3) is 0.250. The summed E-state index contributed by atoms with van der Waals surface area (Å²) in [6.45, 7) is 0.619. The smallest absolute Gasteiger partial charge is 0.157 e. The summed E-state index contributed by atoms with van der Waals surface area (Å²) >= 11 is 0. The van der Waals surface area contributed by atoms with Crippen molar-refractivity contribution in [1.82, 2.24) is 9.78 Å². The zero-order valence-corrected chi connectivity index (χ0v) is 9.56. The van der Waals surface area contributed by atoms with Crippen molar-refractivity contribution in [2.45, 2.75) is 13.2 Å². The molecule has 0 spiro atoms. The monoisotopic (exact) mass is 235 g/mol. The Bertz CT molecular complexity index is 510. The Hall–Kier alpha value is -1.88. The first-order valence-electron chi connectivity index (χ1n) is 5.27. The van der Waals surface area contributed by atoms with E-state index in [1.165, 1.54) is 12.1 Å². The van der Waals surface area contributed by atoms with Crippen molar-refractivity contribution in [3.8, 4) is 5.75 Å². The van der Waals surface area contributed by atoms with E-state index in [-0.39, 0.29) is 5.82 Å². The van der Waals surface area contributed by atoms with Gasteiger partial charge in [-0.3, -0.25) is 4.68 Å². The molecule has 0 unspecified atom stereocenters. The predicted molar refractivity (Wildman–Crippen MR) is 61.8 cm³/mol. The molecule has 2 aromatic rings. The van der Waals surface area contributed by atoms with E-state index in [0.29, 0.717) is 18.9 Å². The summed E-state index contributed by atoms with van der Waals surface area (Å²) in [4.78, 5) is 0. The van der Waals surface area contributed by atoms with Crippen LogP contribution in [0, 0.1) is 5.82 Å². The molecule has 0 fully saturated rings. The first-order chi connectivity index (χ1) is 8.17.